The lowest BCUT2D eigenvalue weighted by Crippen LogP contribution is -2.39. The molecule has 0 radical (unpaired) electrons. The van der Waals surface area contributed by atoms with Crippen molar-refractivity contribution in [3.63, 3.8) is 0 Å². The van der Waals surface area contributed by atoms with Crippen LogP contribution in [0.4, 0.5) is 0 Å². The molecule has 1 rings (SSSR count). The predicted molar refractivity (Wildman–Crippen MR) is 97.7 cm³/mol. The zero-order valence-corrected chi connectivity index (χ0v) is 15.1. The number of aliphatic imine (C=N–C) groups is 1. The molecule has 1 aromatic carbocycles. The van der Waals surface area contributed by atoms with E-state index >= 15 is 0 Å². The van der Waals surface area contributed by atoms with Crippen molar-refractivity contribution in [2.45, 2.75) is 19.8 Å². The molecule has 0 saturated carbocycles. The van der Waals surface area contributed by atoms with Gasteiger partial charge in [-0.2, -0.15) is 0 Å². The summed E-state index contributed by atoms with van der Waals surface area (Å²) in [6.07, 6.45) is 1.99. The Balaban J connectivity index is 0.00000400. The summed E-state index contributed by atoms with van der Waals surface area (Å²) < 4.78 is 5.26. The summed E-state index contributed by atoms with van der Waals surface area (Å²) in [6.45, 7) is 5.02. The number of halogens is 1. The van der Waals surface area contributed by atoms with E-state index in [0.717, 1.165) is 38.5 Å². The molecule has 21 heavy (non-hydrogen) atoms. The molecule has 0 aliphatic heterocycles. The fourth-order valence-corrected chi connectivity index (χ4v) is 1.77. The highest BCUT2D eigenvalue weighted by Gasteiger charge is 1.97. The molecule has 0 unspecified atom stereocenters. The van der Waals surface area contributed by atoms with Crippen molar-refractivity contribution in [2.24, 2.45) is 4.99 Å². The molecule has 1 aromatic rings. The number of hydrogen-bond acceptors (Lipinski definition) is 3. The van der Waals surface area contributed by atoms with Gasteiger partial charge in [0.2, 0.25) is 0 Å². The third-order valence-corrected chi connectivity index (χ3v) is 2.84. The molecular weight excluding hydrogens is 381 g/mol. The highest BCUT2D eigenvalue weighted by Crippen LogP contribution is 2.10. The number of guanidine groups is 1. The molecule has 0 amide bonds. The fraction of sp³-hybridized carbons (Fsp3) is 0.533. The van der Waals surface area contributed by atoms with Crippen LogP contribution in [0.1, 0.15) is 18.9 Å². The number of phenols is 1. The number of rotatable bonds is 8. The lowest BCUT2D eigenvalue weighted by molar-refractivity contribution is 0.152. The summed E-state index contributed by atoms with van der Waals surface area (Å²) in [5.41, 5.74) is 1.23. The molecule has 0 bridgehead atoms. The minimum absolute atomic E-state index is 0. The summed E-state index contributed by atoms with van der Waals surface area (Å²) in [5.74, 6) is 1.11. The van der Waals surface area contributed by atoms with E-state index in [0.29, 0.717) is 12.4 Å². The quantitative estimate of drug-likeness (QED) is 0.268. The molecule has 0 aromatic heterocycles. The van der Waals surface area contributed by atoms with Crippen molar-refractivity contribution in [1.82, 2.24) is 10.6 Å². The highest BCUT2D eigenvalue weighted by molar-refractivity contribution is 14.0. The lowest BCUT2D eigenvalue weighted by atomic mass is 10.1. The first-order valence-corrected chi connectivity index (χ1v) is 7.06. The second kappa shape index (κ2) is 12.7. The van der Waals surface area contributed by atoms with Crippen LogP contribution in [0.25, 0.3) is 0 Å². The van der Waals surface area contributed by atoms with Crippen LogP contribution in [0.5, 0.6) is 5.75 Å². The van der Waals surface area contributed by atoms with Gasteiger partial charge in [0, 0.05) is 26.7 Å². The molecule has 3 N–H and O–H groups in total. The SMILES string of the molecule is CCOCCNC(=NC)NCCCc1ccc(O)cc1.I. The minimum Gasteiger partial charge on any atom is -0.508 e. The van der Waals surface area contributed by atoms with E-state index in [1.807, 2.05) is 19.1 Å². The van der Waals surface area contributed by atoms with E-state index < -0.39 is 0 Å². The summed E-state index contributed by atoms with van der Waals surface area (Å²) in [7, 11) is 1.76. The average molecular weight is 407 g/mol. The Labute approximate surface area is 144 Å². The monoisotopic (exact) mass is 407 g/mol. The molecule has 5 nitrogen and oxygen atoms in total. The number of aryl methyl sites for hydroxylation is 1. The van der Waals surface area contributed by atoms with Gasteiger partial charge in [0.15, 0.2) is 5.96 Å². The maximum Gasteiger partial charge on any atom is 0.191 e. The maximum atomic E-state index is 9.21. The zero-order chi connectivity index (χ0) is 14.6. The Kier molecular flexibility index (Phi) is 12.1. The Morgan fingerprint density at radius 1 is 1.19 bits per heavy atom. The molecule has 6 heteroatoms. The minimum atomic E-state index is 0. The molecular formula is C15H26IN3O2. The van der Waals surface area contributed by atoms with Gasteiger partial charge in [-0.25, -0.2) is 0 Å². The summed E-state index contributed by atoms with van der Waals surface area (Å²) in [6, 6.07) is 7.34. The Morgan fingerprint density at radius 2 is 1.86 bits per heavy atom. The van der Waals surface area contributed by atoms with Crippen LogP contribution in [0.2, 0.25) is 0 Å². The van der Waals surface area contributed by atoms with Crippen LogP contribution >= 0.6 is 24.0 Å². The first-order chi connectivity index (χ1) is 9.76. The van der Waals surface area contributed by atoms with Gasteiger partial charge in [0.05, 0.1) is 6.61 Å². The number of hydrogen-bond donors (Lipinski definition) is 3. The summed E-state index contributed by atoms with van der Waals surface area (Å²) >= 11 is 0. The summed E-state index contributed by atoms with van der Waals surface area (Å²) in [4.78, 5) is 4.15. The van der Waals surface area contributed by atoms with Gasteiger partial charge in [-0.3, -0.25) is 4.99 Å². The van der Waals surface area contributed by atoms with E-state index in [4.69, 9.17) is 4.74 Å². The number of phenolic OH excluding ortho intramolecular Hbond substituents is 1. The Bertz CT molecular complexity index is 396. The van der Waals surface area contributed by atoms with Crippen molar-refractivity contribution in [3.05, 3.63) is 29.8 Å². The van der Waals surface area contributed by atoms with Crippen LogP contribution < -0.4 is 10.6 Å². The van der Waals surface area contributed by atoms with E-state index in [1.165, 1.54) is 5.56 Å². The van der Waals surface area contributed by atoms with Gasteiger partial charge < -0.3 is 20.5 Å². The first kappa shape index (κ1) is 20.0. The third-order valence-electron chi connectivity index (χ3n) is 2.84. The van der Waals surface area contributed by atoms with Crippen LogP contribution in [-0.2, 0) is 11.2 Å². The van der Waals surface area contributed by atoms with Gasteiger partial charge in [-0.1, -0.05) is 12.1 Å². The zero-order valence-electron chi connectivity index (χ0n) is 12.8. The average Bonchev–Trinajstić information content (AvgIpc) is 2.47. The van der Waals surface area contributed by atoms with Crippen molar-refractivity contribution in [3.8, 4) is 5.75 Å². The predicted octanol–water partition coefficient (Wildman–Crippen LogP) is 2.14. The van der Waals surface area contributed by atoms with Crippen molar-refractivity contribution in [2.75, 3.05) is 33.4 Å². The van der Waals surface area contributed by atoms with Crippen LogP contribution in [-0.4, -0.2) is 44.4 Å². The van der Waals surface area contributed by atoms with E-state index in [9.17, 15) is 5.11 Å². The van der Waals surface area contributed by atoms with E-state index in [2.05, 4.69) is 15.6 Å². The molecule has 120 valence electrons. The second-order valence-electron chi connectivity index (χ2n) is 4.39. The van der Waals surface area contributed by atoms with Crippen molar-refractivity contribution >= 4 is 29.9 Å². The lowest BCUT2D eigenvalue weighted by Gasteiger charge is -2.11. The molecule has 0 spiro atoms. The van der Waals surface area contributed by atoms with Crippen LogP contribution in [0.15, 0.2) is 29.3 Å². The Morgan fingerprint density at radius 3 is 2.48 bits per heavy atom. The molecule has 0 heterocycles. The topological polar surface area (TPSA) is 65.9 Å². The van der Waals surface area contributed by atoms with Crippen LogP contribution in [0, 0.1) is 0 Å². The summed E-state index contributed by atoms with van der Waals surface area (Å²) in [5, 5.41) is 15.7. The van der Waals surface area contributed by atoms with Gasteiger partial charge in [0.25, 0.3) is 0 Å². The number of ether oxygens (including phenoxy) is 1. The number of nitrogens with one attached hydrogen (secondary N) is 2. The van der Waals surface area contributed by atoms with Gasteiger partial charge in [0.1, 0.15) is 5.75 Å². The number of nitrogens with zero attached hydrogens (tertiary/aromatic N) is 1. The molecule has 0 fully saturated rings. The van der Waals surface area contributed by atoms with E-state index in [-0.39, 0.29) is 24.0 Å². The van der Waals surface area contributed by atoms with Crippen molar-refractivity contribution in [1.29, 1.82) is 0 Å². The van der Waals surface area contributed by atoms with Crippen LogP contribution in [0.3, 0.4) is 0 Å². The molecule has 0 atom stereocenters. The van der Waals surface area contributed by atoms with Gasteiger partial charge >= 0.3 is 0 Å². The van der Waals surface area contributed by atoms with Gasteiger partial charge in [-0.15, -0.1) is 24.0 Å². The van der Waals surface area contributed by atoms with Crippen molar-refractivity contribution < 1.29 is 9.84 Å². The molecule has 0 aliphatic carbocycles. The third kappa shape index (κ3) is 9.52. The standard InChI is InChI=1S/C15H25N3O2.HI/c1-3-20-12-11-18-15(16-2)17-10-4-5-13-6-8-14(19)9-7-13;/h6-9,19H,3-5,10-12H2,1-2H3,(H2,16,17,18);1H. The van der Waals surface area contributed by atoms with Gasteiger partial charge in [-0.05, 0) is 37.5 Å². The molecule has 0 aliphatic rings. The smallest absolute Gasteiger partial charge is 0.191 e. The van der Waals surface area contributed by atoms with E-state index in [1.54, 1.807) is 19.2 Å². The Hall–Kier alpha value is -1.02. The number of aromatic hydroxyl groups is 1. The maximum absolute atomic E-state index is 9.21. The number of benzene rings is 1. The largest absolute Gasteiger partial charge is 0.508 e. The molecule has 0 saturated heterocycles. The normalized spacial score (nSPS) is 10.9. The fourth-order valence-electron chi connectivity index (χ4n) is 1.77. The second-order valence-corrected chi connectivity index (χ2v) is 4.39. The first-order valence-electron chi connectivity index (χ1n) is 7.06. The highest BCUT2D eigenvalue weighted by atomic mass is 127.